The Labute approximate surface area is 80.5 Å². The van der Waals surface area contributed by atoms with E-state index in [9.17, 15) is 0 Å². The highest BCUT2D eigenvalue weighted by Crippen LogP contribution is 2.31. The van der Waals surface area contributed by atoms with Gasteiger partial charge in [-0.25, -0.2) is 0 Å². The van der Waals surface area contributed by atoms with Gasteiger partial charge in [0.2, 0.25) is 0 Å². The van der Waals surface area contributed by atoms with E-state index in [1.807, 2.05) is 0 Å². The molecule has 0 spiro atoms. The zero-order chi connectivity index (χ0) is 8.81. The van der Waals surface area contributed by atoms with Crippen molar-refractivity contribution in [2.45, 2.75) is 44.3 Å². The summed E-state index contributed by atoms with van der Waals surface area (Å²) >= 11 is 2.14. The van der Waals surface area contributed by atoms with Crippen LogP contribution in [0.1, 0.15) is 39.0 Å². The van der Waals surface area contributed by atoms with Gasteiger partial charge < -0.3 is 5.73 Å². The van der Waals surface area contributed by atoms with Crippen LogP contribution in [0.5, 0.6) is 0 Å². The van der Waals surface area contributed by atoms with Crippen molar-refractivity contribution >= 4 is 11.8 Å². The third kappa shape index (κ3) is 3.81. The molecule has 2 heteroatoms. The minimum Gasteiger partial charge on any atom is -0.330 e. The Morgan fingerprint density at radius 1 is 1.25 bits per heavy atom. The fourth-order valence-corrected chi connectivity index (χ4v) is 3.00. The first kappa shape index (κ1) is 10.4. The van der Waals surface area contributed by atoms with Crippen LogP contribution in [-0.4, -0.2) is 17.5 Å². The van der Waals surface area contributed by atoms with Gasteiger partial charge in [-0.05, 0) is 50.3 Å². The third-order valence-electron chi connectivity index (χ3n) is 2.66. The molecule has 0 unspecified atom stereocenters. The molecule has 0 saturated heterocycles. The fourth-order valence-electron chi connectivity index (χ4n) is 1.73. The predicted octanol–water partition coefficient (Wildman–Crippen LogP) is 2.65. The summed E-state index contributed by atoms with van der Waals surface area (Å²) in [5.41, 5.74) is 5.45. The molecule has 0 aliphatic heterocycles. The Kier molecular flexibility index (Phi) is 5.08. The molecule has 0 radical (unpaired) electrons. The average molecular weight is 187 g/mol. The quantitative estimate of drug-likeness (QED) is 0.685. The summed E-state index contributed by atoms with van der Waals surface area (Å²) in [6.07, 6.45) is 6.96. The molecular weight excluding hydrogens is 166 g/mol. The van der Waals surface area contributed by atoms with E-state index in [2.05, 4.69) is 18.7 Å². The molecular formula is C10H21NS. The molecule has 1 fully saturated rings. The fraction of sp³-hybridized carbons (Fsp3) is 1.00. The maximum absolute atomic E-state index is 5.45. The first-order valence-electron chi connectivity index (χ1n) is 5.14. The molecule has 0 aromatic carbocycles. The Balaban J connectivity index is 2.01. The Hall–Kier alpha value is 0.310. The highest BCUT2D eigenvalue weighted by Gasteiger charge is 2.17. The summed E-state index contributed by atoms with van der Waals surface area (Å²) in [5, 5.41) is 0.952. The Morgan fingerprint density at radius 2 is 1.92 bits per heavy atom. The molecule has 0 aromatic heterocycles. The van der Waals surface area contributed by atoms with Gasteiger partial charge in [0.1, 0.15) is 0 Å². The molecule has 0 amide bonds. The zero-order valence-electron chi connectivity index (χ0n) is 8.09. The molecule has 12 heavy (non-hydrogen) atoms. The summed E-state index contributed by atoms with van der Waals surface area (Å²) in [6, 6.07) is 0. The minimum absolute atomic E-state index is 0.857. The maximum atomic E-state index is 5.45. The van der Waals surface area contributed by atoms with Crippen molar-refractivity contribution in [3.05, 3.63) is 0 Å². The van der Waals surface area contributed by atoms with Crippen LogP contribution in [0.25, 0.3) is 0 Å². The zero-order valence-corrected chi connectivity index (χ0v) is 8.91. The molecule has 0 aromatic rings. The van der Waals surface area contributed by atoms with Gasteiger partial charge in [-0.15, -0.1) is 0 Å². The molecule has 1 aliphatic carbocycles. The highest BCUT2D eigenvalue weighted by atomic mass is 32.2. The Morgan fingerprint density at radius 3 is 2.50 bits per heavy atom. The van der Waals surface area contributed by atoms with Crippen LogP contribution >= 0.6 is 11.8 Å². The van der Waals surface area contributed by atoms with Crippen molar-refractivity contribution in [3.63, 3.8) is 0 Å². The predicted molar refractivity (Wildman–Crippen MR) is 57.5 cm³/mol. The minimum atomic E-state index is 0.857. The van der Waals surface area contributed by atoms with E-state index in [0.717, 1.165) is 17.7 Å². The lowest BCUT2D eigenvalue weighted by molar-refractivity contribution is 0.393. The van der Waals surface area contributed by atoms with Crippen molar-refractivity contribution in [3.8, 4) is 0 Å². The van der Waals surface area contributed by atoms with Crippen molar-refractivity contribution in [1.82, 2.24) is 0 Å². The van der Waals surface area contributed by atoms with Gasteiger partial charge in [-0.2, -0.15) is 11.8 Å². The lowest BCUT2D eigenvalue weighted by atomic mass is 9.91. The van der Waals surface area contributed by atoms with Crippen LogP contribution < -0.4 is 5.73 Å². The first-order chi connectivity index (χ1) is 5.83. The second kappa shape index (κ2) is 5.87. The Bertz CT molecular complexity index is 108. The van der Waals surface area contributed by atoms with E-state index >= 15 is 0 Å². The first-order valence-corrected chi connectivity index (χ1v) is 6.19. The van der Waals surface area contributed by atoms with Gasteiger partial charge in [0.15, 0.2) is 0 Å². The van der Waals surface area contributed by atoms with Gasteiger partial charge in [-0.1, -0.05) is 6.92 Å². The van der Waals surface area contributed by atoms with E-state index in [4.69, 9.17) is 5.73 Å². The van der Waals surface area contributed by atoms with Crippen LogP contribution in [0.2, 0.25) is 0 Å². The van der Waals surface area contributed by atoms with Gasteiger partial charge in [-0.3, -0.25) is 0 Å². The van der Waals surface area contributed by atoms with Crippen molar-refractivity contribution in [1.29, 1.82) is 0 Å². The molecule has 0 bridgehead atoms. The molecule has 1 nitrogen and oxygen atoms in total. The van der Waals surface area contributed by atoms with Gasteiger partial charge in [0.25, 0.3) is 0 Å². The molecule has 1 rings (SSSR count). The smallest absolute Gasteiger partial charge is 0.00472 e. The summed E-state index contributed by atoms with van der Waals surface area (Å²) in [6.45, 7) is 3.23. The summed E-state index contributed by atoms with van der Waals surface area (Å²) in [5.74, 6) is 2.26. The molecule has 2 N–H and O–H groups in total. The summed E-state index contributed by atoms with van der Waals surface area (Å²) < 4.78 is 0. The molecule has 72 valence electrons. The molecule has 0 heterocycles. The van der Waals surface area contributed by atoms with E-state index in [0.29, 0.717) is 0 Å². The largest absolute Gasteiger partial charge is 0.330 e. The van der Waals surface area contributed by atoms with Crippen molar-refractivity contribution in [2.24, 2.45) is 11.7 Å². The van der Waals surface area contributed by atoms with Crippen LogP contribution in [0.3, 0.4) is 0 Å². The van der Waals surface area contributed by atoms with E-state index in [1.54, 1.807) is 0 Å². The highest BCUT2D eigenvalue weighted by molar-refractivity contribution is 7.99. The number of thioether (sulfide) groups is 1. The monoisotopic (exact) mass is 187 g/mol. The maximum Gasteiger partial charge on any atom is 0.00472 e. The van der Waals surface area contributed by atoms with E-state index in [-0.39, 0.29) is 0 Å². The topological polar surface area (TPSA) is 26.0 Å². The van der Waals surface area contributed by atoms with Crippen LogP contribution in [-0.2, 0) is 0 Å². The van der Waals surface area contributed by atoms with Crippen LogP contribution in [0.4, 0.5) is 0 Å². The number of nitrogens with two attached hydrogens (primary N) is 1. The second-order valence-corrected chi connectivity index (χ2v) is 5.30. The van der Waals surface area contributed by atoms with Crippen LogP contribution in [0, 0.1) is 5.92 Å². The number of hydrogen-bond donors (Lipinski definition) is 1. The summed E-state index contributed by atoms with van der Waals surface area (Å²) in [7, 11) is 0. The molecule has 1 saturated carbocycles. The lowest BCUT2D eigenvalue weighted by Gasteiger charge is -2.25. The summed E-state index contributed by atoms with van der Waals surface area (Å²) in [4.78, 5) is 0. The van der Waals surface area contributed by atoms with E-state index in [1.165, 1.54) is 37.9 Å². The normalized spacial score (nSPS) is 30.5. The molecule has 1 aliphatic rings. The van der Waals surface area contributed by atoms with Crippen molar-refractivity contribution in [2.75, 3.05) is 12.3 Å². The number of hydrogen-bond acceptors (Lipinski definition) is 2. The van der Waals surface area contributed by atoms with Gasteiger partial charge in [0.05, 0.1) is 0 Å². The van der Waals surface area contributed by atoms with E-state index < -0.39 is 0 Å². The van der Waals surface area contributed by atoms with Crippen molar-refractivity contribution < 1.29 is 0 Å². The second-order valence-electron chi connectivity index (χ2n) is 3.89. The van der Waals surface area contributed by atoms with Gasteiger partial charge >= 0.3 is 0 Å². The molecule has 0 atom stereocenters. The standard InChI is InChI=1S/C10H21NS/c1-9-3-5-10(6-4-9)12-8-2-7-11/h9-10H,2-8,11H2,1H3. The SMILES string of the molecule is CC1CCC(SCCCN)CC1. The third-order valence-corrected chi connectivity index (χ3v) is 4.13. The number of rotatable bonds is 4. The average Bonchev–Trinajstić information content (AvgIpc) is 2.09. The lowest BCUT2D eigenvalue weighted by Crippen LogP contribution is -2.15. The van der Waals surface area contributed by atoms with Crippen LogP contribution in [0.15, 0.2) is 0 Å². The van der Waals surface area contributed by atoms with Gasteiger partial charge in [0, 0.05) is 5.25 Å².